The van der Waals surface area contributed by atoms with Gasteiger partial charge in [-0.05, 0) is 56.0 Å². The molecule has 0 aliphatic carbocycles. The molecule has 1 heterocycles. The van der Waals surface area contributed by atoms with E-state index in [-0.39, 0.29) is 6.42 Å². The number of aliphatic carboxylic acids is 1. The summed E-state index contributed by atoms with van der Waals surface area (Å²) in [6.07, 6.45) is -0.0575. The second-order valence-electron chi connectivity index (χ2n) is 4.54. The Labute approximate surface area is 100 Å². The van der Waals surface area contributed by atoms with Crippen LogP contribution in [0.5, 0.6) is 0 Å². The number of carbonyl (C=O) groups is 1. The predicted octanol–water partition coefficient (Wildman–Crippen LogP) is 3.29. The van der Waals surface area contributed by atoms with Gasteiger partial charge in [0.15, 0.2) is 0 Å². The molecule has 2 rings (SSSR count). The summed E-state index contributed by atoms with van der Waals surface area (Å²) in [5, 5.41) is 9.89. The van der Waals surface area contributed by atoms with Crippen LogP contribution in [0.1, 0.15) is 28.0 Å². The van der Waals surface area contributed by atoms with Crippen molar-refractivity contribution in [3.05, 3.63) is 34.1 Å². The quantitative estimate of drug-likeness (QED) is 0.864. The van der Waals surface area contributed by atoms with Crippen LogP contribution in [0.25, 0.3) is 11.0 Å². The topological polar surface area (TPSA) is 50.4 Å². The number of benzene rings is 1. The first-order valence-electron chi connectivity index (χ1n) is 5.62. The highest BCUT2D eigenvalue weighted by Gasteiger charge is 2.16. The molecule has 1 N–H and O–H groups in total. The molecule has 3 nitrogen and oxygen atoms in total. The molecule has 0 atom stereocenters. The molecular weight excluding hydrogens is 216 g/mol. The van der Waals surface area contributed by atoms with Crippen LogP contribution in [0, 0.1) is 27.7 Å². The molecule has 0 aliphatic rings. The van der Waals surface area contributed by atoms with Gasteiger partial charge in [0, 0.05) is 5.39 Å². The van der Waals surface area contributed by atoms with Gasteiger partial charge in [-0.25, -0.2) is 0 Å². The highest BCUT2D eigenvalue weighted by atomic mass is 16.4. The Kier molecular flexibility index (Phi) is 2.69. The molecule has 17 heavy (non-hydrogen) atoms. The molecule has 3 heteroatoms. The van der Waals surface area contributed by atoms with Crippen LogP contribution in [0.2, 0.25) is 0 Å². The van der Waals surface area contributed by atoms with Crippen molar-refractivity contribution in [3.8, 4) is 0 Å². The molecule has 0 fully saturated rings. The van der Waals surface area contributed by atoms with Gasteiger partial charge in [0.05, 0.1) is 0 Å². The van der Waals surface area contributed by atoms with E-state index in [1.54, 1.807) is 0 Å². The van der Waals surface area contributed by atoms with Gasteiger partial charge in [-0.1, -0.05) is 0 Å². The van der Waals surface area contributed by atoms with Gasteiger partial charge in [0.25, 0.3) is 0 Å². The molecular formula is C14H16O3. The first-order chi connectivity index (χ1) is 7.91. The minimum Gasteiger partial charge on any atom is -0.481 e. The highest BCUT2D eigenvalue weighted by Crippen LogP contribution is 2.31. The zero-order valence-electron chi connectivity index (χ0n) is 10.5. The molecule has 2 aromatic rings. The maximum atomic E-state index is 10.8. The normalized spacial score (nSPS) is 11.1. The van der Waals surface area contributed by atoms with Crippen LogP contribution >= 0.6 is 0 Å². The third kappa shape index (κ3) is 1.82. The van der Waals surface area contributed by atoms with Crippen molar-refractivity contribution in [2.24, 2.45) is 0 Å². The summed E-state index contributed by atoms with van der Waals surface area (Å²) in [5.74, 6) is -0.307. The van der Waals surface area contributed by atoms with Gasteiger partial charge in [-0.3, -0.25) is 4.79 Å². The van der Waals surface area contributed by atoms with Gasteiger partial charge in [0.1, 0.15) is 17.8 Å². The second-order valence-corrected chi connectivity index (χ2v) is 4.54. The molecule has 0 radical (unpaired) electrons. The summed E-state index contributed by atoms with van der Waals surface area (Å²) in [4.78, 5) is 10.8. The largest absolute Gasteiger partial charge is 0.481 e. The first kappa shape index (κ1) is 11.7. The van der Waals surface area contributed by atoms with E-state index >= 15 is 0 Å². The van der Waals surface area contributed by atoms with E-state index in [4.69, 9.17) is 9.52 Å². The molecule has 0 saturated carbocycles. The van der Waals surface area contributed by atoms with E-state index in [2.05, 4.69) is 13.8 Å². The third-order valence-electron chi connectivity index (χ3n) is 3.46. The fourth-order valence-electron chi connectivity index (χ4n) is 2.25. The fourth-order valence-corrected chi connectivity index (χ4v) is 2.25. The number of hydrogen-bond donors (Lipinski definition) is 1. The zero-order chi connectivity index (χ0) is 12.7. The van der Waals surface area contributed by atoms with Crippen molar-refractivity contribution < 1.29 is 14.3 Å². The lowest BCUT2D eigenvalue weighted by molar-refractivity contribution is -0.136. The van der Waals surface area contributed by atoms with E-state index in [1.165, 1.54) is 16.7 Å². The lowest BCUT2D eigenvalue weighted by Crippen LogP contribution is -1.99. The number of fused-ring (bicyclic) bond motifs is 1. The molecule has 0 saturated heterocycles. The number of rotatable bonds is 2. The van der Waals surface area contributed by atoms with Crippen LogP contribution in [-0.2, 0) is 11.2 Å². The van der Waals surface area contributed by atoms with Gasteiger partial charge < -0.3 is 9.52 Å². The van der Waals surface area contributed by atoms with E-state index in [0.717, 1.165) is 16.5 Å². The van der Waals surface area contributed by atoms with Crippen LogP contribution in [0.3, 0.4) is 0 Å². The van der Waals surface area contributed by atoms with Crippen molar-refractivity contribution >= 4 is 16.9 Å². The molecule has 0 unspecified atom stereocenters. The lowest BCUT2D eigenvalue weighted by atomic mass is 9.98. The number of furan rings is 1. The summed E-state index contributed by atoms with van der Waals surface area (Å²) in [5.41, 5.74) is 5.33. The molecule has 90 valence electrons. The monoisotopic (exact) mass is 232 g/mol. The number of aryl methyl sites for hydroxylation is 3. The van der Waals surface area contributed by atoms with Crippen LogP contribution in [-0.4, -0.2) is 11.1 Å². The molecule has 1 aromatic heterocycles. The predicted molar refractivity (Wildman–Crippen MR) is 66.5 cm³/mol. The molecule has 1 aromatic carbocycles. The smallest absolute Gasteiger partial charge is 0.311 e. The molecule has 0 bridgehead atoms. The summed E-state index contributed by atoms with van der Waals surface area (Å²) >= 11 is 0. The van der Waals surface area contributed by atoms with Crippen molar-refractivity contribution in [2.45, 2.75) is 34.1 Å². The van der Waals surface area contributed by atoms with Gasteiger partial charge in [-0.2, -0.15) is 0 Å². The molecule has 0 aliphatic heterocycles. The number of carboxylic acids is 1. The van der Waals surface area contributed by atoms with Gasteiger partial charge >= 0.3 is 5.97 Å². The Balaban J connectivity index is 2.74. The average molecular weight is 232 g/mol. The summed E-state index contributed by atoms with van der Waals surface area (Å²) in [7, 11) is 0. The standard InChI is InChI=1S/C14H16O3/c1-7-5-12-14(9(3)8(7)2)10(4)11(17-12)6-13(15)16/h5H,6H2,1-4H3,(H,15,16). The van der Waals surface area contributed by atoms with Crippen molar-refractivity contribution in [3.63, 3.8) is 0 Å². The molecule has 0 amide bonds. The summed E-state index contributed by atoms with van der Waals surface area (Å²) in [6.45, 7) is 8.09. The molecule has 0 spiro atoms. The van der Waals surface area contributed by atoms with E-state index in [0.29, 0.717) is 5.76 Å². The SMILES string of the molecule is Cc1cc2oc(CC(=O)O)c(C)c2c(C)c1C. The van der Waals surface area contributed by atoms with E-state index in [9.17, 15) is 4.79 Å². The number of hydrogen-bond acceptors (Lipinski definition) is 2. The Morgan fingerprint density at radius 3 is 2.41 bits per heavy atom. The maximum Gasteiger partial charge on any atom is 0.311 e. The minimum atomic E-state index is -0.863. The Morgan fingerprint density at radius 1 is 1.18 bits per heavy atom. The Bertz CT molecular complexity index is 606. The third-order valence-corrected chi connectivity index (χ3v) is 3.46. The Morgan fingerprint density at radius 2 is 1.82 bits per heavy atom. The van der Waals surface area contributed by atoms with Crippen LogP contribution in [0.4, 0.5) is 0 Å². The highest BCUT2D eigenvalue weighted by molar-refractivity contribution is 5.88. The summed E-state index contributed by atoms with van der Waals surface area (Å²) < 4.78 is 5.65. The van der Waals surface area contributed by atoms with Crippen molar-refractivity contribution in [1.29, 1.82) is 0 Å². The van der Waals surface area contributed by atoms with Crippen molar-refractivity contribution in [1.82, 2.24) is 0 Å². The van der Waals surface area contributed by atoms with E-state index < -0.39 is 5.97 Å². The number of carboxylic acid groups (broad SMARTS) is 1. The first-order valence-corrected chi connectivity index (χ1v) is 5.62. The lowest BCUT2D eigenvalue weighted by Gasteiger charge is -2.05. The van der Waals surface area contributed by atoms with Crippen LogP contribution < -0.4 is 0 Å². The fraction of sp³-hybridized carbons (Fsp3) is 0.357. The van der Waals surface area contributed by atoms with Crippen molar-refractivity contribution in [2.75, 3.05) is 0 Å². The average Bonchev–Trinajstić information content (AvgIpc) is 2.52. The second kappa shape index (κ2) is 3.91. The van der Waals surface area contributed by atoms with Gasteiger partial charge in [0.2, 0.25) is 0 Å². The maximum absolute atomic E-state index is 10.8. The van der Waals surface area contributed by atoms with Gasteiger partial charge in [-0.15, -0.1) is 0 Å². The van der Waals surface area contributed by atoms with Crippen LogP contribution in [0.15, 0.2) is 10.5 Å². The zero-order valence-corrected chi connectivity index (χ0v) is 10.5. The summed E-state index contributed by atoms with van der Waals surface area (Å²) in [6, 6.07) is 1.98. The Hall–Kier alpha value is -1.77. The van der Waals surface area contributed by atoms with E-state index in [1.807, 2.05) is 19.9 Å². The minimum absolute atomic E-state index is 0.0575.